The highest BCUT2D eigenvalue weighted by atomic mass is 19.1. The van der Waals surface area contributed by atoms with Crippen molar-refractivity contribution in [3.8, 4) is 5.75 Å². The smallest absolute Gasteiger partial charge is 0.226 e. The zero-order valence-corrected chi connectivity index (χ0v) is 13.9. The molecule has 0 saturated heterocycles. The first-order chi connectivity index (χ1) is 12.1. The van der Waals surface area contributed by atoms with E-state index in [2.05, 4.69) is 10.3 Å². The molecule has 2 aromatic carbocycles. The maximum Gasteiger partial charge on any atom is 0.226 e. The number of nitrogens with zero attached hydrogens (tertiary/aromatic N) is 1. The number of aliphatic imine (C=N–C) groups is 1. The van der Waals surface area contributed by atoms with Crippen LogP contribution in [0.2, 0.25) is 0 Å². The average Bonchev–Trinajstić information content (AvgIpc) is 2.99. The van der Waals surface area contributed by atoms with Gasteiger partial charge in [-0.15, -0.1) is 0 Å². The van der Waals surface area contributed by atoms with E-state index in [0.29, 0.717) is 23.9 Å². The van der Waals surface area contributed by atoms with Crippen LogP contribution in [-0.4, -0.2) is 24.5 Å². The van der Waals surface area contributed by atoms with Crippen LogP contribution in [0.15, 0.2) is 53.5 Å². The van der Waals surface area contributed by atoms with Crippen molar-refractivity contribution in [2.45, 2.75) is 26.0 Å². The van der Waals surface area contributed by atoms with Crippen molar-refractivity contribution < 1.29 is 18.7 Å². The van der Waals surface area contributed by atoms with Gasteiger partial charge in [-0.25, -0.2) is 9.38 Å². The highest BCUT2D eigenvalue weighted by molar-refractivity contribution is 5.91. The molecule has 0 fully saturated rings. The SMILES string of the molecule is CC1=NC(CC(=O)Nc2ccc(OCc3cccc(F)c3)cc2)CO1. The van der Waals surface area contributed by atoms with Gasteiger partial charge < -0.3 is 14.8 Å². The molecule has 1 unspecified atom stereocenters. The van der Waals surface area contributed by atoms with Crippen molar-refractivity contribution in [2.75, 3.05) is 11.9 Å². The minimum Gasteiger partial charge on any atom is -0.489 e. The molecule has 5 nitrogen and oxygen atoms in total. The predicted molar refractivity (Wildman–Crippen MR) is 93.3 cm³/mol. The number of hydrogen-bond acceptors (Lipinski definition) is 4. The van der Waals surface area contributed by atoms with E-state index in [0.717, 1.165) is 5.56 Å². The number of halogens is 1. The summed E-state index contributed by atoms with van der Waals surface area (Å²) in [5.74, 6) is 0.871. The summed E-state index contributed by atoms with van der Waals surface area (Å²) in [7, 11) is 0. The molecule has 1 aliphatic rings. The van der Waals surface area contributed by atoms with Crippen LogP contribution in [0.4, 0.5) is 10.1 Å². The minimum atomic E-state index is -0.286. The third-order valence-corrected chi connectivity index (χ3v) is 3.70. The summed E-state index contributed by atoms with van der Waals surface area (Å²) in [4.78, 5) is 16.2. The van der Waals surface area contributed by atoms with E-state index in [1.54, 1.807) is 43.3 Å². The fourth-order valence-corrected chi connectivity index (χ4v) is 2.51. The van der Waals surface area contributed by atoms with Gasteiger partial charge in [0.2, 0.25) is 5.91 Å². The van der Waals surface area contributed by atoms with Gasteiger partial charge in [-0.3, -0.25) is 4.79 Å². The number of carbonyl (C=O) groups excluding carboxylic acids is 1. The number of carbonyl (C=O) groups is 1. The molecular weight excluding hydrogens is 323 g/mol. The van der Waals surface area contributed by atoms with Crippen LogP contribution < -0.4 is 10.1 Å². The van der Waals surface area contributed by atoms with Crippen LogP contribution in [0.3, 0.4) is 0 Å². The molecule has 0 saturated carbocycles. The molecule has 2 aromatic rings. The molecule has 0 spiro atoms. The van der Waals surface area contributed by atoms with Crippen molar-refractivity contribution >= 4 is 17.5 Å². The third kappa shape index (κ3) is 5.04. The second-order valence-corrected chi connectivity index (χ2v) is 5.81. The van der Waals surface area contributed by atoms with E-state index in [1.165, 1.54) is 12.1 Å². The second-order valence-electron chi connectivity index (χ2n) is 5.81. The van der Waals surface area contributed by atoms with Crippen molar-refractivity contribution in [3.63, 3.8) is 0 Å². The Labute approximate surface area is 145 Å². The fourth-order valence-electron chi connectivity index (χ4n) is 2.51. The molecule has 6 heteroatoms. The van der Waals surface area contributed by atoms with E-state index in [-0.39, 0.29) is 30.8 Å². The molecule has 1 heterocycles. The Morgan fingerprint density at radius 1 is 1.32 bits per heavy atom. The molecule has 3 rings (SSSR count). The fraction of sp³-hybridized carbons (Fsp3) is 0.263. The third-order valence-electron chi connectivity index (χ3n) is 3.70. The molecule has 1 atom stereocenters. The van der Waals surface area contributed by atoms with Crippen LogP contribution in [0, 0.1) is 5.82 Å². The summed E-state index contributed by atoms with van der Waals surface area (Å²) in [6.07, 6.45) is 0.287. The van der Waals surface area contributed by atoms with Gasteiger partial charge in [0.05, 0.1) is 12.5 Å². The molecule has 0 bridgehead atoms. The Morgan fingerprint density at radius 3 is 2.80 bits per heavy atom. The predicted octanol–water partition coefficient (Wildman–Crippen LogP) is 3.55. The first-order valence-corrected chi connectivity index (χ1v) is 8.03. The lowest BCUT2D eigenvalue weighted by Gasteiger charge is -2.09. The monoisotopic (exact) mass is 342 g/mol. The van der Waals surface area contributed by atoms with Gasteiger partial charge in [-0.05, 0) is 42.0 Å². The van der Waals surface area contributed by atoms with Crippen LogP contribution in [-0.2, 0) is 16.1 Å². The quantitative estimate of drug-likeness (QED) is 0.873. The molecule has 25 heavy (non-hydrogen) atoms. The normalized spacial score (nSPS) is 16.1. The number of hydrogen-bond donors (Lipinski definition) is 1. The average molecular weight is 342 g/mol. The standard InChI is InChI=1S/C19H19FN2O3/c1-13-21-17(12-24-13)10-19(23)22-16-5-7-18(8-6-16)25-11-14-3-2-4-15(20)9-14/h2-9,17H,10-12H2,1H3,(H,22,23). The van der Waals surface area contributed by atoms with Crippen molar-refractivity contribution in [1.29, 1.82) is 0 Å². The Kier molecular flexibility index (Phi) is 5.28. The number of benzene rings is 2. The summed E-state index contributed by atoms with van der Waals surface area (Å²) in [6.45, 7) is 2.51. The summed E-state index contributed by atoms with van der Waals surface area (Å²) in [5, 5.41) is 2.82. The largest absolute Gasteiger partial charge is 0.489 e. The maximum atomic E-state index is 13.1. The lowest BCUT2D eigenvalue weighted by molar-refractivity contribution is -0.116. The summed E-state index contributed by atoms with van der Waals surface area (Å²) < 4.78 is 24.0. The molecule has 0 aliphatic carbocycles. The van der Waals surface area contributed by atoms with Gasteiger partial charge >= 0.3 is 0 Å². The molecule has 1 amide bonds. The molecule has 0 aromatic heterocycles. The first kappa shape index (κ1) is 17.0. The lowest BCUT2D eigenvalue weighted by Crippen LogP contribution is -2.19. The zero-order valence-electron chi connectivity index (χ0n) is 13.9. The number of nitrogens with one attached hydrogen (secondary N) is 1. The second kappa shape index (κ2) is 7.79. The summed E-state index contributed by atoms with van der Waals surface area (Å²) in [5.41, 5.74) is 1.44. The van der Waals surface area contributed by atoms with Crippen LogP contribution >= 0.6 is 0 Å². The number of ether oxygens (including phenoxy) is 2. The Balaban J connectivity index is 1.49. The number of amides is 1. The molecule has 130 valence electrons. The topological polar surface area (TPSA) is 59.9 Å². The Hall–Kier alpha value is -2.89. The zero-order chi connectivity index (χ0) is 17.6. The highest BCUT2D eigenvalue weighted by Gasteiger charge is 2.19. The van der Waals surface area contributed by atoms with Gasteiger partial charge in [0.15, 0.2) is 5.90 Å². The van der Waals surface area contributed by atoms with Gasteiger partial charge in [0, 0.05) is 12.6 Å². The minimum absolute atomic E-state index is 0.111. The Morgan fingerprint density at radius 2 is 2.12 bits per heavy atom. The van der Waals surface area contributed by atoms with E-state index in [4.69, 9.17) is 9.47 Å². The highest BCUT2D eigenvalue weighted by Crippen LogP contribution is 2.18. The van der Waals surface area contributed by atoms with Crippen LogP contribution in [0.1, 0.15) is 18.9 Å². The van der Waals surface area contributed by atoms with Gasteiger partial charge in [0.1, 0.15) is 24.8 Å². The molecule has 1 aliphatic heterocycles. The van der Waals surface area contributed by atoms with Gasteiger partial charge in [-0.2, -0.15) is 0 Å². The van der Waals surface area contributed by atoms with E-state index in [1.807, 2.05) is 0 Å². The van der Waals surface area contributed by atoms with Crippen molar-refractivity contribution in [1.82, 2.24) is 0 Å². The molecule has 0 radical (unpaired) electrons. The molecule has 1 N–H and O–H groups in total. The summed E-state index contributed by atoms with van der Waals surface area (Å²) in [6, 6.07) is 13.2. The van der Waals surface area contributed by atoms with E-state index in [9.17, 15) is 9.18 Å². The van der Waals surface area contributed by atoms with E-state index < -0.39 is 0 Å². The van der Waals surface area contributed by atoms with Crippen LogP contribution in [0.5, 0.6) is 5.75 Å². The first-order valence-electron chi connectivity index (χ1n) is 8.03. The van der Waals surface area contributed by atoms with Gasteiger partial charge in [0.25, 0.3) is 0 Å². The van der Waals surface area contributed by atoms with Crippen LogP contribution in [0.25, 0.3) is 0 Å². The van der Waals surface area contributed by atoms with Crippen molar-refractivity contribution in [2.24, 2.45) is 4.99 Å². The van der Waals surface area contributed by atoms with E-state index >= 15 is 0 Å². The number of anilines is 1. The summed E-state index contributed by atoms with van der Waals surface area (Å²) >= 11 is 0. The van der Waals surface area contributed by atoms with Gasteiger partial charge in [-0.1, -0.05) is 12.1 Å². The Bertz CT molecular complexity index is 774. The maximum absolute atomic E-state index is 13.1. The lowest BCUT2D eigenvalue weighted by atomic mass is 10.2. The van der Waals surface area contributed by atoms with Crippen molar-refractivity contribution in [3.05, 3.63) is 59.9 Å². The molecular formula is C19H19FN2O3. The number of rotatable bonds is 6.